The van der Waals surface area contributed by atoms with E-state index in [1.54, 1.807) is 11.3 Å². The van der Waals surface area contributed by atoms with Gasteiger partial charge in [-0.05, 0) is 44.0 Å². The molecule has 0 radical (unpaired) electrons. The molecular weight excluding hydrogens is 258 g/mol. The van der Waals surface area contributed by atoms with Crippen LogP contribution >= 0.6 is 11.3 Å². The number of carbonyl (C=O) groups excluding carboxylic acids is 1. The molecule has 1 amide bonds. The average molecular weight is 275 g/mol. The van der Waals surface area contributed by atoms with Crippen LogP contribution in [0.25, 0.3) is 0 Å². The van der Waals surface area contributed by atoms with Gasteiger partial charge in [-0.2, -0.15) is 0 Å². The van der Waals surface area contributed by atoms with E-state index in [0.29, 0.717) is 6.42 Å². The van der Waals surface area contributed by atoms with Crippen molar-refractivity contribution in [3.63, 3.8) is 0 Å². The topological polar surface area (TPSA) is 49.3 Å². The Labute approximate surface area is 116 Å². The highest BCUT2D eigenvalue weighted by atomic mass is 32.1. The van der Waals surface area contributed by atoms with Crippen molar-refractivity contribution in [3.8, 4) is 0 Å². The van der Waals surface area contributed by atoms with Crippen LogP contribution in [0.2, 0.25) is 0 Å². The first-order valence-corrected chi connectivity index (χ1v) is 7.00. The van der Waals surface area contributed by atoms with Crippen molar-refractivity contribution >= 4 is 22.9 Å². The molecule has 0 atom stereocenters. The van der Waals surface area contributed by atoms with Crippen LogP contribution in [0.3, 0.4) is 0 Å². The Balaban J connectivity index is 2.08. The molecule has 3 nitrogen and oxygen atoms in total. The molecule has 0 aliphatic rings. The number of aliphatic hydroxyl groups excluding tert-OH is 1. The predicted octanol–water partition coefficient (Wildman–Crippen LogP) is 3.15. The van der Waals surface area contributed by atoms with Crippen molar-refractivity contribution in [1.29, 1.82) is 0 Å². The van der Waals surface area contributed by atoms with Crippen LogP contribution in [0, 0.1) is 13.8 Å². The molecule has 0 aliphatic heterocycles. The molecule has 2 rings (SSSR count). The standard InChI is InChI=1S/C15H17NO2S/c1-10-9-14(11(2)19-10)15(18)16-13-5-3-12(4-6-13)7-8-17/h3-6,9,17H,7-8H2,1-2H3,(H,16,18). The predicted molar refractivity (Wildman–Crippen MR) is 79.0 cm³/mol. The van der Waals surface area contributed by atoms with E-state index in [4.69, 9.17) is 5.11 Å². The maximum absolute atomic E-state index is 12.1. The molecule has 0 saturated heterocycles. The minimum Gasteiger partial charge on any atom is -0.396 e. The van der Waals surface area contributed by atoms with Gasteiger partial charge < -0.3 is 10.4 Å². The van der Waals surface area contributed by atoms with Gasteiger partial charge in [0.15, 0.2) is 0 Å². The Morgan fingerprint density at radius 1 is 1.26 bits per heavy atom. The molecule has 2 aromatic rings. The number of carbonyl (C=O) groups is 1. The minimum absolute atomic E-state index is 0.0724. The van der Waals surface area contributed by atoms with Gasteiger partial charge in [0.05, 0.1) is 5.56 Å². The first kappa shape index (κ1) is 13.8. The lowest BCUT2D eigenvalue weighted by Crippen LogP contribution is -2.12. The number of anilines is 1. The van der Waals surface area contributed by atoms with Crippen molar-refractivity contribution in [2.24, 2.45) is 0 Å². The first-order valence-electron chi connectivity index (χ1n) is 6.18. The van der Waals surface area contributed by atoms with Gasteiger partial charge in [0.1, 0.15) is 0 Å². The lowest BCUT2D eigenvalue weighted by Gasteiger charge is -2.06. The van der Waals surface area contributed by atoms with E-state index in [9.17, 15) is 4.79 Å². The highest BCUT2D eigenvalue weighted by Gasteiger charge is 2.11. The smallest absolute Gasteiger partial charge is 0.256 e. The summed E-state index contributed by atoms with van der Waals surface area (Å²) in [5.41, 5.74) is 2.57. The minimum atomic E-state index is -0.0724. The number of aryl methyl sites for hydroxylation is 2. The van der Waals surface area contributed by atoms with Crippen LogP contribution < -0.4 is 5.32 Å². The van der Waals surface area contributed by atoms with E-state index >= 15 is 0 Å². The van der Waals surface area contributed by atoms with Crippen molar-refractivity contribution in [3.05, 3.63) is 51.2 Å². The van der Waals surface area contributed by atoms with E-state index in [-0.39, 0.29) is 12.5 Å². The summed E-state index contributed by atoms with van der Waals surface area (Å²) in [6, 6.07) is 9.46. The highest BCUT2D eigenvalue weighted by molar-refractivity contribution is 7.12. The molecule has 0 unspecified atom stereocenters. The van der Waals surface area contributed by atoms with Gasteiger partial charge >= 0.3 is 0 Å². The SMILES string of the molecule is Cc1cc(C(=O)Nc2ccc(CCO)cc2)c(C)s1. The Bertz CT molecular complexity index is 572. The monoisotopic (exact) mass is 275 g/mol. The number of thiophene rings is 1. The van der Waals surface area contributed by atoms with Crippen LogP contribution in [0.4, 0.5) is 5.69 Å². The van der Waals surface area contributed by atoms with Gasteiger partial charge in [-0.25, -0.2) is 0 Å². The van der Waals surface area contributed by atoms with E-state index in [1.807, 2.05) is 44.2 Å². The van der Waals surface area contributed by atoms with E-state index in [0.717, 1.165) is 26.6 Å². The van der Waals surface area contributed by atoms with E-state index in [1.165, 1.54) is 0 Å². The number of nitrogens with one attached hydrogen (secondary N) is 1. The van der Waals surface area contributed by atoms with Gasteiger partial charge in [-0.15, -0.1) is 11.3 Å². The fraction of sp³-hybridized carbons (Fsp3) is 0.267. The Morgan fingerprint density at radius 3 is 2.47 bits per heavy atom. The van der Waals surface area contributed by atoms with Crippen molar-refractivity contribution < 1.29 is 9.90 Å². The van der Waals surface area contributed by atoms with E-state index < -0.39 is 0 Å². The molecule has 0 spiro atoms. The van der Waals surface area contributed by atoms with Crippen LogP contribution in [0.1, 0.15) is 25.7 Å². The van der Waals surface area contributed by atoms with Gasteiger partial charge in [-0.3, -0.25) is 4.79 Å². The summed E-state index contributed by atoms with van der Waals surface area (Å²) in [7, 11) is 0. The largest absolute Gasteiger partial charge is 0.396 e. The van der Waals surface area contributed by atoms with Crippen LogP contribution in [-0.2, 0) is 6.42 Å². The van der Waals surface area contributed by atoms with Crippen molar-refractivity contribution in [1.82, 2.24) is 0 Å². The molecule has 0 bridgehead atoms. The molecule has 2 N–H and O–H groups in total. The summed E-state index contributed by atoms with van der Waals surface area (Å²) < 4.78 is 0. The lowest BCUT2D eigenvalue weighted by molar-refractivity contribution is 0.102. The number of hydrogen-bond donors (Lipinski definition) is 2. The van der Waals surface area contributed by atoms with Crippen LogP contribution in [0.5, 0.6) is 0 Å². The number of benzene rings is 1. The summed E-state index contributed by atoms with van der Waals surface area (Å²) in [5.74, 6) is -0.0724. The van der Waals surface area contributed by atoms with Crippen molar-refractivity contribution in [2.45, 2.75) is 20.3 Å². The molecule has 1 aromatic heterocycles. The maximum Gasteiger partial charge on any atom is 0.256 e. The summed E-state index contributed by atoms with van der Waals surface area (Å²) in [5, 5.41) is 11.7. The molecule has 4 heteroatoms. The summed E-state index contributed by atoms with van der Waals surface area (Å²) in [6.07, 6.45) is 0.636. The number of rotatable bonds is 4. The maximum atomic E-state index is 12.1. The summed E-state index contributed by atoms with van der Waals surface area (Å²) >= 11 is 1.63. The van der Waals surface area contributed by atoms with Crippen molar-refractivity contribution in [2.75, 3.05) is 11.9 Å². The second-order valence-electron chi connectivity index (χ2n) is 4.45. The summed E-state index contributed by atoms with van der Waals surface area (Å²) in [6.45, 7) is 4.09. The second-order valence-corrected chi connectivity index (χ2v) is 5.91. The third-order valence-corrected chi connectivity index (χ3v) is 3.86. The van der Waals surface area contributed by atoms with Crippen LogP contribution in [0.15, 0.2) is 30.3 Å². The zero-order valence-electron chi connectivity index (χ0n) is 11.1. The zero-order valence-corrected chi connectivity index (χ0v) is 11.9. The third-order valence-electron chi connectivity index (χ3n) is 2.90. The Hall–Kier alpha value is -1.65. The van der Waals surface area contributed by atoms with Gasteiger partial charge in [0, 0.05) is 22.0 Å². The Kier molecular flexibility index (Phi) is 4.35. The van der Waals surface area contributed by atoms with Crippen LogP contribution in [-0.4, -0.2) is 17.6 Å². The second kappa shape index (κ2) is 5.99. The highest BCUT2D eigenvalue weighted by Crippen LogP contribution is 2.21. The molecule has 0 fully saturated rings. The van der Waals surface area contributed by atoms with Gasteiger partial charge in [0.25, 0.3) is 5.91 Å². The molecule has 19 heavy (non-hydrogen) atoms. The molecule has 100 valence electrons. The number of hydrogen-bond acceptors (Lipinski definition) is 3. The molecule has 0 aliphatic carbocycles. The van der Waals surface area contributed by atoms with E-state index in [2.05, 4.69) is 5.32 Å². The number of aliphatic hydroxyl groups is 1. The zero-order chi connectivity index (χ0) is 13.8. The normalized spacial score (nSPS) is 10.5. The first-order chi connectivity index (χ1) is 9.10. The Morgan fingerprint density at radius 2 is 1.95 bits per heavy atom. The molecular formula is C15H17NO2S. The molecule has 0 saturated carbocycles. The number of amides is 1. The fourth-order valence-corrected chi connectivity index (χ4v) is 2.86. The molecule has 1 aromatic carbocycles. The quantitative estimate of drug-likeness (QED) is 0.900. The average Bonchev–Trinajstić information content (AvgIpc) is 2.71. The van der Waals surface area contributed by atoms with Gasteiger partial charge in [0.2, 0.25) is 0 Å². The third kappa shape index (κ3) is 3.43. The fourth-order valence-electron chi connectivity index (χ4n) is 1.94. The van der Waals surface area contributed by atoms with Gasteiger partial charge in [-0.1, -0.05) is 12.1 Å². The molecule has 1 heterocycles. The lowest BCUT2D eigenvalue weighted by atomic mass is 10.1. The summed E-state index contributed by atoms with van der Waals surface area (Å²) in [4.78, 5) is 14.3.